The third-order valence-electron chi connectivity index (χ3n) is 3.35. The van der Waals surface area contributed by atoms with Crippen molar-refractivity contribution in [1.29, 1.82) is 0 Å². The van der Waals surface area contributed by atoms with Gasteiger partial charge in [-0.25, -0.2) is 0 Å². The molecule has 21 heavy (non-hydrogen) atoms. The van der Waals surface area contributed by atoms with Crippen LogP contribution in [0.2, 0.25) is 0 Å². The van der Waals surface area contributed by atoms with E-state index in [9.17, 15) is 4.79 Å². The van der Waals surface area contributed by atoms with Gasteiger partial charge in [-0.2, -0.15) is 0 Å². The summed E-state index contributed by atoms with van der Waals surface area (Å²) in [5.74, 6) is 0.763. The summed E-state index contributed by atoms with van der Waals surface area (Å²) < 4.78 is 0. The van der Waals surface area contributed by atoms with Crippen LogP contribution < -0.4 is 10.6 Å². The molecule has 0 aliphatic carbocycles. The second-order valence-electron chi connectivity index (χ2n) is 5.32. The normalized spacial score (nSPS) is 15.0. The van der Waals surface area contributed by atoms with Gasteiger partial charge in [0.15, 0.2) is 0 Å². The Kier molecular flexibility index (Phi) is 5.45. The molecule has 0 saturated heterocycles. The van der Waals surface area contributed by atoms with Crippen molar-refractivity contribution in [3.05, 3.63) is 53.4 Å². The molecule has 4 heteroatoms. The number of carbonyl (C=O) groups excluding carboxylic acids is 1. The maximum atomic E-state index is 11.8. The molecule has 0 unspecified atom stereocenters. The Morgan fingerprint density at radius 2 is 2.00 bits per heavy atom. The van der Waals surface area contributed by atoms with Crippen LogP contribution in [0.15, 0.2) is 47.8 Å². The molecule has 3 nitrogen and oxygen atoms in total. The largest absolute Gasteiger partial charge is 0.363 e. The third kappa shape index (κ3) is 4.64. The molecular weight excluding hydrogens is 284 g/mol. The highest BCUT2D eigenvalue weighted by Crippen LogP contribution is 2.26. The van der Waals surface area contributed by atoms with Crippen LogP contribution in [-0.2, 0) is 4.79 Å². The van der Waals surface area contributed by atoms with Gasteiger partial charge in [0.2, 0.25) is 5.91 Å². The molecule has 0 radical (unpaired) electrons. The molecule has 0 spiro atoms. The van der Waals surface area contributed by atoms with Crippen molar-refractivity contribution >= 4 is 23.2 Å². The first-order valence-electron chi connectivity index (χ1n) is 7.18. The fourth-order valence-corrected chi connectivity index (χ4v) is 2.58. The number of carbonyl (C=O) groups is 1. The van der Waals surface area contributed by atoms with Crippen molar-refractivity contribution < 1.29 is 4.79 Å². The fourth-order valence-electron chi connectivity index (χ4n) is 2.45. The molecule has 0 aromatic heterocycles. The lowest BCUT2D eigenvalue weighted by Gasteiger charge is -2.20. The summed E-state index contributed by atoms with van der Waals surface area (Å²) in [6.07, 6.45) is 5.52. The highest BCUT2D eigenvalue weighted by molar-refractivity contribution is 6.18. The van der Waals surface area contributed by atoms with E-state index in [1.807, 2.05) is 18.2 Å². The summed E-state index contributed by atoms with van der Waals surface area (Å²) in [7, 11) is 0. The lowest BCUT2D eigenvalue weighted by Crippen LogP contribution is -2.15. The summed E-state index contributed by atoms with van der Waals surface area (Å²) in [6, 6.07) is 8.00. The van der Waals surface area contributed by atoms with Crippen LogP contribution >= 0.6 is 11.6 Å². The first-order chi connectivity index (χ1) is 10.1. The highest BCUT2D eigenvalue weighted by atomic mass is 35.5. The molecule has 0 bridgehead atoms. The predicted octanol–water partition coefficient (Wildman–Crippen LogP) is 4.14. The maximum absolute atomic E-state index is 11.8. The van der Waals surface area contributed by atoms with E-state index in [1.54, 1.807) is 0 Å². The number of benzene rings is 1. The number of halogens is 1. The van der Waals surface area contributed by atoms with E-state index in [0.29, 0.717) is 18.7 Å². The van der Waals surface area contributed by atoms with Crippen LogP contribution in [0.5, 0.6) is 0 Å². The predicted molar refractivity (Wildman–Crippen MR) is 88.4 cm³/mol. The van der Waals surface area contributed by atoms with E-state index in [2.05, 4.69) is 42.7 Å². The quantitative estimate of drug-likeness (QED) is 0.803. The van der Waals surface area contributed by atoms with Gasteiger partial charge in [0.05, 0.1) is 0 Å². The molecule has 0 saturated carbocycles. The third-order valence-corrected chi connectivity index (χ3v) is 3.61. The van der Waals surface area contributed by atoms with Crippen molar-refractivity contribution in [1.82, 2.24) is 5.32 Å². The molecule has 1 aliphatic heterocycles. The van der Waals surface area contributed by atoms with E-state index in [4.69, 9.17) is 11.6 Å². The lowest BCUT2D eigenvalue weighted by molar-refractivity contribution is -0.116. The van der Waals surface area contributed by atoms with Crippen LogP contribution in [0.1, 0.15) is 38.2 Å². The van der Waals surface area contributed by atoms with Crippen LogP contribution in [0.4, 0.5) is 5.69 Å². The fraction of sp³-hybridized carbons (Fsp3) is 0.353. The molecule has 1 aromatic rings. The topological polar surface area (TPSA) is 41.1 Å². The Bertz CT molecular complexity index is 560. The van der Waals surface area contributed by atoms with Crippen LogP contribution in [0, 0.1) is 0 Å². The highest BCUT2D eigenvalue weighted by Gasteiger charge is 2.12. The summed E-state index contributed by atoms with van der Waals surface area (Å²) in [4.78, 5) is 11.8. The van der Waals surface area contributed by atoms with Gasteiger partial charge in [-0.05, 0) is 38.0 Å². The minimum atomic E-state index is 0.0107. The van der Waals surface area contributed by atoms with E-state index in [0.717, 1.165) is 17.1 Å². The maximum Gasteiger partial charge on any atom is 0.224 e. The molecule has 0 atom stereocenters. The van der Waals surface area contributed by atoms with Gasteiger partial charge in [0.1, 0.15) is 0 Å². The van der Waals surface area contributed by atoms with Gasteiger partial charge in [0, 0.05) is 35.3 Å². The average Bonchev–Trinajstić information content (AvgIpc) is 2.44. The van der Waals surface area contributed by atoms with Gasteiger partial charge in [-0.3, -0.25) is 4.79 Å². The zero-order valence-electron chi connectivity index (χ0n) is 12.4. The van der Waals surface area contributed by atoms with Crippen molar-refractivity contribution in [2.45, 2.75) is 32.6 Å². The zero-order valence-corrected chi connectivity index (χ0v) is 13.2. The van der Waals surface area contributed by atoms with Crippen LogP contribution in [0.25, 0.3) is 0 Å². The van der Waals surface area contributed by atoms with E-state index in [1.165, 1.54) is 5.56 Å². The second-order valence-corrected chi connectivity index (χ2v) is 5.69. The van der Waals surface area contributed by atoms with Crippen molar-refractivity contribution in [2.24, 2.45) is 0 Å². The molecule has 0 fully saturated rings. The molecule has 2 rings (SSSR count). The van der Waals surface area contributed by atoms with E-state index < -0.39 is 0 Å². The Morgan fingerprint density at radius 3 is 2.67 bits per heavy atom. The monoisotopic (exact) mass is 304 g/mol. The number of amides is 1. The molecule has 1 aromatic carbocycles. The molecule has 1 heterocycles. The number of allylic oxidation sites excluding steroid dienone is 4. The standard InChI is InChI=1S/C17H21ClN2O/c1-12-9-15(10-13(2)19-12)14-5-3-6-16(11-14)20-17(21)7-4-8-18/h3,5-6,9-11,15,19H,4,7-8H2,1-2H3,(H,20,21). The number of nitrogens with one attached hydrogen (secondary N) is 2. The summed E-state index contributed by atoms with van der Waals surface area (Å²) >= 11 is 5.60. The smallest absolute Gasteiger partial charge is 0.224 e. The number of alkyl halides is 1. The molecular formula is C17H21ClN2O. The van der Waals surface area contributed by atoms with Crippen LogP contribution in [0.3, 0.4) is 0 Å². The minimum absolute atomic E-state index is 0.0107. The first-order valence-corrected chi connectivity index (χ1v) is 7.71. The molecule has 2 N–H and O–H groups in total. The van der Waals surface area contributed by atoms with Crippen LogP contribution in [-0.4, -0.2) is 11.8 Å². The van der Waals surface area contributed by atoms with Gasteiger partial charge in [0.25, 0.3) is 0 Å². The molecule has 112 valence electrons. The Labute approximate surface area is 131 Å². The Hall–Kier alpha value is -1.74. The number of dihydropyridines is 1. The summed E-state index contributed by atoms with van der Waals surface area (Å²) in [6.45, 7) is 4.11. The zero-order chi connectivity index (χ0) is 15.2. The second kappa shape index (κ2) is 7.32. The SMILES string of the molecule is CC1=CC(c2cccc(NC(=O)CCCCl)c2)C=C(C)N1. The molecule has 1 amide bonds. The number of rotatable bonds is 5. The number of anilines is 1. The van der Waals surface area contributed by atoms with Crippen molar-refractivity contribution in [3.8, 4) is 0 Å². The Balaban J connectivity index is 2.11. The summed E-state index contributed by atoms with van der Waals surface area (Å²) in [5.41, 5.74) is 4.31. The minimum Gasteiger partial charge on any atom is -0.363 e. The van der Waals surface area contributed by atoms with Gasteiger partial charge >= 0.3 is 0 Å². The molecule has 1 aliphatic rings. The van der Waals surface area contributed by atoms with E-state index >= 15 is 0 Å². The van der Waals surface area contributed by atoms with Gasteiger partial charge < -0.3 is 10.6 Å². The van der Waals surface area contributed by atoms with Crippen molar-refractivity contribution in [3.63, 3.8) is 0 Å². The average molecular weight is 305 g/mol. The van der Waals surface area contributed by atoms with Gasteiger partial charge in [-0.15, -0.1) is 11.6 Å². The van der Waals surface area contributed by atoms with E-state index in [-0.39, 0.29) is 11.8 Å². The van der Waals surface area contributed by atoms with Gasteiger partial charge in [-0.1, -0.05) is 24.3 Å². The van der Waals surface area contributed by atoms with Crippen molar-refractivity contribution in [2.75, 3.05) is 11.2 Å². The Morgan fingerprint density at radius 1 is 1.29 bits per heavy atom. The first kappa shape index (κ1) is 15.6. The lowest BCUT2D eigenvalue weighted by atomic mass is 9.94. The number of hydrogen-bond donors (Lipinski definition) is 2. The number of hydrogen-bond acceptors (Lipinski definition) is 2. The summed E-state index contributed by atoms with van der Waals surface area (Å²) in [5, 5.41) is 6.21.